The van der Waals surface area contributed by atoms with Crippen molar-refractivity contribution in [3.8, 4) is 0 Å². The number of carbonyl (C=O) groups excluding carboxylic acids is 1. The van der Waals surface area contributed by atoms with E-state index in [1.54, 1.807) is 0 Å². The largest absolute Gasteiger partial charge is 0.352 e. The molecule has 0 aromatic heterocycles. The second-order valence-electron chi connectivity index (χ2n) is 6.12. The summed E-state index contributed by atoms with van der Waals surface area (Å²) >= 11 is 3.42. The average molecular weight is 326 g/mol. The Morgan fingerprint density at radius 3 is 2.32 bits per heavy atom. The standard InChI is InChI=1S/C16H24BrNO/c1-12(9-10-17)11-18-15(19)13-5-7-14(8-6-13)16(2,3)4/h5-8,12H,9-11H2,1-4H3,(H,18,19). The van der Waals surface area contributed by atoms with Gasteiger partial charge in [0.05, 0.1) is 0 Å². The van der Waals surface area contributed by atoms with Crippen molar-refractivity contribution < 1.29 is 4.79 Å². The van der Waals surface area contributed by atoms with Crippen LogP contribution >= 0.6 is 15.9 Å². The zero-order valence-electron chi connectivity index (χ0n) is 12.3. The second-order valence-corrected chi connectivity index (χ2v) is 6.91. The lowest BCUT2D eigenvalue weighted by molar-refractivity contribution is 0.0948. The zero-order chi connectivity index (χ0) is 14.5. The first-order valence-electron chi connectivity index (χ1n) is 6.79. The highest BCUT2D eigenvalue weighted by molar-refractivity contribution is 9.09. The first kappa shape index (κ1) is 16.2. The molecule has 0 aliphatic rings. The zero-order valence-corrected chi connectivity index (χ0v) is 13.9. The van der Waals surface area contributed by atoms with Crippen LogP contribution in [0, 0.1) is 5.92 Å². The summed E-state index contributed by atoms with van der Waals surface area (Å²) in [5, 5.41) is 3.96. The molecule has 1 unspecified atom stereocenters. The Kier molecular flexibility index (Phi) is 6.05. The number of amides is 1. The Balaban J connectivity index is 2.59. The third-order valence-electron chi connectivity index (χ3n) is 3.23. The second kappa shape index (κ2) is 7.09. The number of nitrogens with one attached hydrogen (secondary N) is 1. The molecule has 1 N–H and O–H groups in total. The monoisotopic (exact) mass is 325 g/mol. The maximum absolute atomic E-state index is 12.0. The summed E-state index contributed by atoms with van der Waals surface area (Å²) in [6.07, 6.45) is 1.07. The predicted octanol–water partition coefficient (Wildman–Crippen LogP) is 4.14. The highest BCUT2D eigenvalue weighted by atomic mass is 79.9. The van der Waals surface area contributed by atoms with Gasteiger partial charge in [0, 0.05) is 17.4 Å². The summed E-state index contributed by atoms with van der Waals surface area (Å²) in [6.45, 7) is 9.38. The summed E-state index contributed by atoms with van der Waals surface area (Å²) < 4.78 is 0. The number of halogens is 1. The lowest BCUT2D eigenvalue weighted by atomic mass is 9.87. The van der Waals surface area contributed by atoms with E-state index in [2.05, 4.69) is 48.9 Å². The molecule has 19 heavy (non-hydrogen) atoms. The number of benzene rings is 1. The maximum Gasteiger partial charge on any atom is 0.251 e. The third-order valence-corrected chi connectivity index (χ3v) is 3.68. The third kappa shape index (κ3) is 5.35. The van der Waals surface area contributed by atoms with E-state index in [1.165, 1.54) is 5.56 Å². The quantitative estimate of drug-likeness (QED) is 0.810. The van der Waals surface area contributed by atoms with Gasteiger partial charge in [-0.15, -0.1) is 0 Å². The van der Waals surface area contributed by atoms with Gasteiger partial charge in [-0.05, 0) is 35.4 Å². The lowest BCUT2D eigenvalue weighted by Crippen LogP contribution is -2.28. The van der Waals surface area contributed by atoms with Gasteiger partial charge >= 0.3 is 0 Å². The summed E-state index contributed by atoms with van der Waals surface area (Å²) in [6, 6.07) is 7.89. The van der Waals surface area contributed by atoms with E-state index in [1.807, 2.05) is 24.3 Å². The van der Waals surface area contributed by atoms with Crippen molar-refractivity contribution in [2.45, 2.75) is 39.5 Å². The number of hydrogen-bond acceptors (Lipinski definition) is 1. The van der Waals surface area contributed by atoms with E-state index >= 15 is 0 Å². The van der Waals surface area contributed by atoms with Gasteiger partial charge in [-0.3, -0.25) is 4.79 Å². The highest BCUT2D eigenvalue weighted by Gasteiger charge is 2.14. The number of alkyl halides is 1. The normalized spacial score (nSPS) is 13.1. The summed E-state index contributed by atoms with van der Waals surface area (Å²) in [7, 11) is 0. The van der Waals surface area contributed by atoms with Crippen molar-refractivity contribution in [2.75, 3.05) is 11.9 Å². The summed E-state index contributed by atoms with van der Waals surface area (Å²) in [5.41, 5.74) is 2.11. The van der Waals surface area contributed by atoms with Crippen LogP contribution in [0.3, 0.4) is 0 Å². The van der Waals surface area contributed by atoms with Crippen LogP contribution in [0.25, 0.3) is 0 Å². The lowest BCUT2D eigenvalue weighted by Gasteiger charge is -2.19. The van der Waals surface area contributed by atoms with Crippen molar-refractivity contribution in [3.63, 3.8) is 0 Å². The van der Waals surface area contributed by atoms with Crippen molar-refractivity contribution >= 4 is 21.8 Å². The minimum atomic E-state index is 0.0156. The molecule has 3 heteroatoms. The maximum atomic E-state index is 12.0. The van der Waals surface area contributed by atoms with Crippen molar-refractivity contribution in [3.05, 3.63) is 35.4 Å². The molecule has 1 rings (SSSR count). The van der Waals surface area contributed by atoms with Crippen molar-refractivity contribution in [2.24, 2.45) is 5.92 Å². The fourth-order valence-electron chi connectivity index (χ4n) is 1.78. The van der Waals surface area contributed by atoms with Crippen LogP contribution in [0.5, 0.6) is 0 Å². The minimum Gasteiger partial charge on any atom is -0.352 e. The van der Waals surface area contributed by atoms with Crippen LogP contribution in [0.4, 0.5) is 0 Å². The van der Waals surface area contributed by atoms with E-state index in [-0.39, 0.29) is 11.3 Å². The van der Waals surface area contributed by atoms with E-state index in [4.69, 9.17) is 0 Å². The Bertz CT molecular complexity index is 406. The SMILES string of the molecule is CC(CCBr)CNC(=O)c1ccc(C(C)(C)C)cc1. The smallest absolute Gasteiger partial charge is 0.251 e. The number of carbonyl (C=O) groups is 1. The molecule has 2 nitrogen and oxygen atoms in total. The fraction of sp³-hybridized carbons (Fsp3) is 0.562. The molecule has 1 aromatic rings. The van der Waals surface area contributed by atoms with E-state index in [0.717, 1.165) is 23.9 Å². The molecule has 0 radical (unpaired) electrons. The number of rotatable bonds is 5. The predicted molar refractivity (Wildman–Crippen MR) is 85.1 cm³/mol. The first-order valence-corrected chi connectivity index (χ1v) is 7.91. The van der Waals surface area contributed by atoms with E-state index in [0.29, 0.717) is 5.92 Å². The van der Waals surface area contributed by atoms with Gasteiger partial charge in [-0.2, -0.15) is 0 Å². The Hall–Kier alpha value is -0.830. The van der Waals surface area contributed by atoms with Crippen LogP contribution in [-0.4, -0.2) is 17.8 Å². The van der Waals surface area contributed by atoms with Crippen LogP contribution in [0.15, 0.2) is 24.3 Å². The summed E-state index contributed by atoms with van der Waals surface area (Å²) in [5.74, 6) is 0.513. The van der Waals surface area contributed by atoms with Crippen molar-refractivity contribution in [1.82, 2.24) is 5.32 Å². The van der Waals surface area contributed by atoms with Gasteiger partial charge in [0.15, 0.2) is 0 Å². The van der Waals surface area contributed by atoms with Crippen LogP contribution in [0.1, 0.15) is 50.0 Å². The molecule has 0 heterocycles. The summed E-state index contributed by atoms with van der Waals surface area (Å²) in [4.78, 5) is 12.0. The van der Waals surface area contributed by atoms with Gasteiger partial charge in [-0.25, -0.2) is 0 Å². The molecule has 0 saturated heterocycles. The molecule has 106 valence electrons. The van der Waals surface area contributed by atoms with Crippen LogP contribution < -0.4 is 5.32 Å². The van der Waals surface area contributed by atoms with Gasteiger partial charge in [0.1, 0.15) is 0 Å². The Labute approximate surface area is 125 Å². The van der Waals surface area contributed by atoms with E-state index in [9.17, 15) is 4.79 Å². The molecule has 0 bridgehead atoms. The van der Waals surface area contributed by atoms with Gasteiger partial charge < -0.3 is 5.32 Å². The van der Waals surface area contributed by atoms with Crippen LogP contribution in [-0.2, 0) is 5.41 Å². The molecule has 0 saturated carbocycles. The Morgan fingerprint density at radius 2 is 1.84 bits per heavy atom. The highest BCUT2D eigenvalue weighted by Crippen LogP contribution is 2.22. The number of hydrogen-bond donors (Lipinski definition) is 1. The van der Waals surface area contributed by atoms with Crippen LogP contribution in [0.2, 0.25) is 0 Å². The van der Waals surface area contributed by atoms with E-state index < -0.39 is 0 Å². The Morgan fingerprint density at radius 1 is 1.26 bits per heavy atom. The fourth-order valence-corrected chi connectivity index (χ4v) is 2.56. The van der Waals surface area contributed by atoms with Gasteiger partial charge in [0.25, 0.3) is 5.91 Å². The van der Waals surface area contributed by atoms with Gasteiger partial charge in [0.2, 0.25) is 0 Å². The first-order chi connectivity index (χ1) is 8.84. The molecule has 0 aliphatic heterocycles. The molecule has 0 aliphatic carbocycles. The molecular weight excluding hydrogens is 302 g/mol. The molecule has 1 aromatic carbocycles. The molecule has 0 spiro atoms. The van der Waals surface area contributed by atoms with Crippen molar-refractivity contribution in [1.29, 1.82) is 0 Å². The topological polar surface area (TPSA) is 29.1 Å². The molecule has 1 atom stereocenters. The molecule has 0 fully saturated rings. The van der Waals surface area contributed by atoms with Gasteiger partial charge in [-0.1, -0.05) is 55.8 Å². The molecular formula is C16H24BrNO. The molecule has 1 amide bonds. The minimum absolute atomic E-state index is 0.0156. The average Bonchev–Trinajstić information content (AvgIpc) is 2.35.